The highest BCUT2D eigenvalue weighted by Crippen LogP contribution is 2.39. The number of hydrogen-bond acceptors (Lipinski definition) is 3. The second-order valence-electron chi connectivity index (χ2n) is 9.23. The third-order valence-electron chi connectivity index (χ3n) is 7.37. The van der Waals surface area contributed by atoms with Crippen LogP contribution >= 0.6 is 0 Å². The van der Waals surface area contributed by atoms with E-state index in [-0.39, 0.29) is 5.91 Å². The van der Waals surface area contributed by atoms with Gasteiger partial charge < -0.3 is 4.90 Å². The zero-order chi connectivity index (χ0) is 20.6. The van der Waals surface area contributed by atoms with Gasteiger partial charge >= 0.3 is 0 Å². The molecule has 2 heterocycles. The van der Waals surface area contributed by atoms with E-state index < -0.39 is 10.0 Å². The first-order valence-corrected chi connectivity index (χ1v) is 12.8. The van der Waals surface area contributed by atoms with Gasteiger partial charge in [0.15, 0.2) is 0 Å². The monoisotopic (exact) mass is 418 g/mol. The third-order valence-corrected chi connectivity index (χ3v) is 9.41. The number of aryl methyl sites for hydroxylation is 1. The molecule has 1 aromatic carbocycles. The average Bonchev–Trinajstić information content (AvgIpc) is 2.74. The van der Waals surface area contributed by atoms with E-state index in [1.807, 2.05) is 17.9 Å². The molecule has 1 amide bonds. The Bertz CT molecular complexity index is 861. The van der Waals surface area contributed by atoms with Gasteiger partial charge in [-0.1, -0.05) is 32.3 Å². The molecule has 1 aromatic rings. The van der Waals surface area contributed by atoms with E-state index in [1.165, 1.54) is 19.3 Å². The molecule has 2 aliphatic heterocycles. The third kappa shape index (κ3) is 3.98. The lowest BCUT2D eigenvalue weighted by molar-refractivity contribution is 0.0217. The minimum absolute atomic E-state index is 0.00361. The van der Waals surface area contributed by atoms with Gasteiger partial charge in [0.25, 0.3) is 5.91 Å². The minimum Gasteiger partial charge on any atom is -0.335 e. The summed E-state index contributed by atoms with van der Waals surface area (Å²) >= 11 is 0. The molecule has 6 heteroatoms. The molecule has 0 N–H and O–H groups in total. The normalized spacial score (nSPS) is 28.8. The first-order chi connectivity index (χ1) is 13.9. The Morgan fingerprint density at radius 2 is 1.69 bits per heavy atom. The van der Waals surface area contributed by atoms with Crippen molar-refractivity contribution in [3.63, 3.8) is 0 Å². The number of amides is 1. The summed E-state index contributed by atoms with van der Waals surface area (Å²) in [4.78, 5) is 15.8. The van der Waals surface area contributed by atoms with Crippen molar-refractivity contribution < 1.29 is 13.2 Å². The fourth-order valence-corrected chi connectivity index (χ4v) is 7.35. The lowest BCUT2D eigenvalue weighted by Crippen LogP contribution is -2.52. The zero-order valence-electron chi connectivity index (χ0n) is 17.8. The Morgan fingerprint density at radius 3 is 2.45 bits per heavy atom. The van der Waals surface area contributed by atoms with Crippen LogP contribution in [0.15, 0.2) is 23.1 Å². The number of hydrogen-bond donors (Lipinski definition) is 0. The predicted octanol–water partition coefficient (Wildman–Crippen LogP) is 4.21. The summed E-state index contributed by atoms with van der Waals surface area (Å²) in [5.41, 5.74) is 1.24. The van der Waals surface area contributed by atoms with E-state index in [0.717, 1.165) is 44.2 Å². The van der Waals surface area contributed by atoms with Crippen LogP contribution in [0.25, 0.3) is 0 Å². The molecular weight excluding hydrogens is 384 g/mol. The molecular formula is C23H34N2O3S. The van der Waals surface area contributed by atoms with Crippen LogP contribution in [0, 0.1) is 18.8 Å². The summed E-state index contributed by atoms with van der Waals surface area (Å²) in [5.74, 6) is 1.25. The lowest BCUT2D eigenvalue weighted by Gasteiger charge is -2.47. The highest BCUT2D eigenvalue weighted by molar-refractivity contribution is 7.89. The van der Waals surface area contributed by atoms with Crippen molar-refractivity contribution in [2.45, 2.75) is 76.2 Å². The Morgan fingerprint density at radius 1 is 0.966 bits per heavy atom. The molecule has 1 aliphatic carbocycles. The van der Waals surface area contributed by atoms with Gasteiger partial charge in [-0.25, -0.2) is 8.42 Å². The van der Waals surface area contributed by atoms with Crippen LogP contribution in [0.1, 0.15) is 74.2 Å². The zero-order valence-corrected chi connectivity index (χ0v) is 18.6. The van der Waals surface area contributed by atoms with E-state index in [2.05, 4.69) is 6.92 Å². The average molecular weight is 419 g/mol. The second-order valence-corrected chi connectivity index (χ2v) is 11.1. The Hall–Kier alpha value is -1.40. The summed E-state index contributed by atoms with van der Waals surface area (Å²) in [6.07, 6.45) is 8.66. The quantitative estimate of drug-likeness (QED) is 0.739. The number of benzene rings is 1. The SMILES string of the molecule is Cc1ccc(C(=O)N2CC[C@H](C)[C@@H]3CCCC[C@H]32)cc1S(=O)(=O)N1CCCCC1. The van der Waals surface area contributed by atoms with Crippen LogP contribution in [0.4, 0.5) is 0 Å². The van der Waals surface area contributed by atoms with Crippen LogP contribution in [0.2, 0.25) is 0 Å². The van der Waals surface area contributed by atoms with Gasteiger partial charge in [0.2, 0.25) is 10.0 Å². The molecule has 0 bridgehead atoms. The van der Waals surface area contributed by atoms with Gasteiger partial charge in [-0.15, -0.1) is 0 Å². The summed E-state index contributed by atoms with van der Waals surface area (Å²) in [6, 6.07) is 5.55. The van der Waals surface area contributed by atoms with Crippen LogP contribution in [-0.4, -0.2) is 49.2 Å². The lowest BCUT2D eigenvalue weighted by atomic mass is 9.72. The fraction of sp³-hybridized carbons (Fsp3) is 0.696. The molecule has 3 fully saturated rings. The first-order valence-electron chi connectivity index (χ1n) is 11.3. The van der Waals surface area contributed by atoms with Crippen molar-refractivity contribution in [1.82, 2.24) is 9.21 Å². The van der Waals surface area contributed by atoms with Gasteiger partial charge in [0.1, 0.15) is 0 Å². The number of nitrogens with zero attached hydrogens (tertiary/aromatic N) is 2. The number of carbonyl (C=O) groups excluding carboxylic acids is 1. The molecule has 0 spiro atoms. The van der Waals surface area contributed by atoms with Crippen molar-refractivity contribution in [3.8, 4) is 0 Å². The molecule has 29 heavy (non-hydrogen) atoms. The van der Waals surface area contributed by atoms with Gasteiger partial charge in [-0.05, 0) is 68.6 Å². The predicted molar refractivity (Wildman–Crippen MR) is 114 cm³/mol. The molecule has 2 saturated heterocycles. The van der Waals surface area contributed by atoms with Crippen molar-refractivity contribution in [3.05, 3.63) is 29.3 Å². The van der Waals surface area contributed by atoms with Crippen LogP contribution < -0.4 is 0 Å². The molecule has 1 saturated carbocycles. The first kappa shape index (κ1) is 20.9. The Labute approximate surface area is 175 Å². The maximum Gasteiger partial charge on any atom is 0.254 e. The molecule has 3 atom stereocenters. The number of sulfonamides is 1. The van der Waals surface area contributed by atoms with Crippen LogP contribution in [0.3, 0.4) is 0 Å². The summed E-state index contributed by atoms with van der Waals surface area (Å²) in [6.45, 7) is 6.08. The van der Waals surface area contributed by atoms with Crippen molar-refractivity contribution in [1.29, 1.82) is 0 Å². The van der Waals surface area contributed by atoms with E-state index in [0.29, 0.717) is 41.4 Å². The minimum atomic E-state index is -3.55. The largest absolute Gasteiger partial charge is 0.335 e. The van der Waals surface area contributed by atoms with Gasteiger partial charge in [0, 0.05) is 31.2 Å². The fourth-order valence-electron chi connectivity index (χ4n) is 5.59. The van der Waals surface area contributed by atoms with E-state index in [1.54, 1.807) is 16.4 Å². The molecule has 160 valence electrons. The number of likely N-dealkylation sites (tertiary alicyclic amines) is 1. The van der Waals surface area contributed by atoms with E-state index >= 15 is 0 Å². The molecule has 0 radical (unpaired) electrons. The summed E-state index contributed by atoms with van der Waals surface area (Å²) in [7, 11) is -3.55. The van der Waals surface area contributed by atoms with Crippen molar-refractivity contribution in [2.75, 3.05) is 19.6 Å². The molecule has 3 aliphatic rings. The van der Waals surface area contributed by atoms with Gasteiger partial charge in [-0.2, -0.15) is 4.31 Å². The number of carbonyl (C=O) groups is 1. The van der Waals surface area contributed by atoms with Crippen molar-refractivity contribution in [2.24, 2.45) is 11.8 Å². The second kappa shape index (κ2) is 8.38. The van der Waals surface area contributed by atoms with Crippen LogP contribution in [0.5, 0.6) is 0 Å². The van der Waals surface area contributed by atoms with E-state index in [4.69, 9.17) is 0 Å². The smallest absolute Gasteiger partial charge is 0.254 e. The van der Waals surface area contributed by atoms with Crippen LogP contribution in [-0.2, 0) is 10.0 Å². The molecule has 4 rings (SSSR count). The van der Waals surface area contributed by atoms with Crippen molar-refractivity contribution >= 4 is 15.9 Å². The van der Waals surface area contributed by atoms with E-state index in [9.17, 15) is 13.2 Å². The standard InChI is InChI=1S/C23H34N2O3S/c1-17-12-15-25(21-9-5-4-8-20(17)21)23(26)19-11-10-18(2)22(16-19)29(27,28)24-13-6-3-7-14-24/h10-11,16-17,20-21H,3-9,12-15H2,1-2H3/t17-,20-,21+/m0/s1. The highest BCUT2D eigenvalue weighted by atomic mass is 32.2. The highest BCUT2D eigenvalue weighted by Gasteiger charge is 2.40. The Kier molecular flexibility index (Phi) is 6.03. The topological polar surface area (TPSA) is 57.7 Å². The molecule has 0 unspecified atom stereocenters. The number of fused-ring (bicyclic) bond motifs is 1. The molecule has 0 aromatic heterocycles. The maximum atomic E-state index is 13.4. The summed E-state index contributed by atoms with van der Waals surface area (Å²) < 4.78 is 28.1. The summed E-state index contributed by atoms with van der Waals surface area (Å²) in [5, 5.41) is 0. The van der Waals surface area contributed by atoms with Gasteiger partial charge in [-0.3, -0.25) is 4.79 Å². The Balaban J connectivity index is 1.62. The maximum absolute atomic E-state index is 13.4. The number of piperidine rings is 2. The van der Waals surface area contributed by atoms with Gasteiger partial charge in [0.05, 0.1) is 4.90 Å². The molecule has 5 nitrogen and oxygen atoms in total. The number of rotatable bonds is 3.